The van der Waals surface area contributed by atoms with Crippen LogP contribution >= 0.6 is 0 Å². The minimum Gasteiger partial charge on any atom is -0.433 e. The summed E-state index contributed by atoms with van der Waals surface area (Å²) in [6.07, 6.45) is 0. The molecule has 2 rings (SSSR count). The van der Waals surface area contributed by atoms with Crippen molar-refractivity contribution in [1.82, 2.24) is 0 Å². The Kier molecular flexibility index (Phi) is 20.8. The Labute approximate surface area is 356 Å². The van der Waals surface area contributed by atoms with E-state index >= 15 is 0 Å². The van der Waals surface area contributed by atoms with E-state index in [0.717, 1.165) is 5.56 Å². The van der Waals surface area contributed by atoms with E-state index in [9.17, 15) is 9.59 Å². The molecule has 0 aromatic heterocycles. The van der Waals surface area contributed by atoms with Crippen molar-refractivity contribution in [3.63, 3.8) is 0 Å². The van der Waals surface area contributed by atoms with Crippen LogP contribution < -0.4 is 14.2 Å². The molecule has 2 aromatic carbocycles. The van der Waals surface area contributed by atoms with E-state index in [0.29, 0.717) is 5.56 Å². The van der Waals surface area contributed by atoms with E-state index in [1.165, 1.54) is 6.92 Å². The molecule has 1 atom stereocenters. The van der Waals surface area contributed by atoms with E-state index < -0.39 is 41.2 Å². The third kappa shape index (κ3) is 12.1. The molecule has 0 aliphatic carbocycles. The van der Waals surface area contributed by atoms with Crippen molar-refractivity contribution in [3.05, 3.63) is 77.9 Å². The summed E-state index contributed by atoms with van der Waals surface area (Å²) in [6.45, 7) is 31.1. The monoisotopic (exact) mass is 848 g/mol. The Morgan fingerprint density at radius 3 is 1.25 bits per heavy atom. The molecule has 60 heavy (non-hydrogen) atoms. The van der Waals surface area contributed by atoms with E-state index in [-0.39, 0.29) is 87.9 Å². The Balaban J connectivity index is 2.92. The minimum atomic E-state index is -2.38. The average Bonchev–Trinajstić information content (AvgIpc) is 3.18. The zero-order valence-electron chi connectivity index (χ0n) is 37.9. The molecule has 1 unspecified atom stereocenters. The second kappa shape index (κ2) is 23.9. The fraction of sp³-hybridized carbons (Fsp3) is 0.600. The smallest absolute Gasteiger partial charge is 0.433 e. The van der Waals surface area contributed by atoms with Crippen molar-refractivity contribution in [2.45, 2.75) is 119 Å². The minimum absolute atomic E-state index is 0.00612. The van der Waals surface area contributed by atoms with E-state index in [2.05, 4.69) is 13.2 Å². The van der Waals surface area contributed by atoms with Crippen LogP contribution in [0.4, 0.5) is 0 Å². The fourth-order valence-corrected chi connectivity index (χ4v) is 6.09. The molecular weight excluding hydrogens is 780 g/mol. The fourth-order valence-electron chi connectivity index (χ4n) is 6.09. The zero-order valence-corrected chi connectivity index (χ0v) is 37.9. The van der Waals surface area contributed by atoms with Gasteiger partial charge in [-0.15, -0.1) is 0 Å². The van der Waals surface area contributed by atoms with Gasteiger partial charge >= 0.3 is 35.8 Å². The quantitative estimate of drug-likeness (QED) is 0.0320. The van der Waals surface area contributed by atoms with Gasteiger partial charge in [-0.2, -0.15) is 0 Å². The molecule has 0 N–H and O–H groups in total. The Morgan fingerprint density at radius 2 is 0.850 bits per heavy atom. The summed E-state index contributed by atoms with van der Waals surface area (Å²) >= 11 is 0. The lowest BCUT2D eigenvalue weighted by atomic mass is 9.77. The first kappa shape index (κ1) is 52.2. The normalized spacial score (nSPS) is 13.3. The molecule has 0 spiro atoms. The van der Waals surface area contributed by atoms with E-state index in [4.69, 9.17) is 61.6 Å². The molecular formula is C45H68O15. The largest absolute Gasteiger partial charge is 0.462 e. The van der Waals surface area contributed by atoms with Gasteiger partial charge in [0.2, 0.25) is 0 Å². The third-order valence-electron chi connectivity index (χ3n) is 8.59. The number of hydrogen-bond acceptors (Lipinski definition) is 15. The highest BCUT2D eigenvalue weighted by atomic mass is 17.0. The van der Waals surface area contributed by atoms with Gasteiger partial charge in [-0.05, 0) is 99.9 Å². The molecule has 15 heteroatoms. The molecule has 338 valence electrons. The van der Waals surface area contributed by atoms with Crippen LogP contribution in [0.3, 0.4) is 0 Å². The van der Waals surface area contributed by atoms with Gasteiger partial charge in [0.05, 0.1) is 39.6 Å². The Hall–Kier alpha value is -3.90. The van der Waals surface area contributed by atoms with Crippen molar-refractivity contribution in [1.29, 1.82) is 0 Å². The number of carbonyl (C=O) groups is 2. The van der Waals surface area contributed by atoms with Gasteiger partial charge in [0.15, 0.2) is 0 Å². The SMILES string of the molecule is C=C(C)C(=O)Oc1ccc(C(C)(C)c2ccc(OC(OCC)(OC(=O)C(=C)C)C(OCC)(OCC)OCC)cc2)c(OC(OCC)(OCC)C(OCC)(OCC)OCC)c1. The maximum atomic E-state index is 13.2. The van der Waals surface area contributed by atoms with Crippen LogP contribution in [-0.4, -0.2) is 95.3 Å². The summed E-state index contributed by atoms with van der Waals surface area (Å²) in [4.78, 5) is 25.9. The highest BCUT2D eigenvalue weighted by Crippen LogP contribution is 2.45. The molecule has 15 nitrogen and oxygen atoms in total. The number of ether oxygens (including phenoxy) is 13. The number of esters is 2. The molecule has 0 aliphatic rings. The highest BCUT2D eigenvalue weighted by molar-refractivity contribution is 5.89. The summed E-state index contributed by atoms with van der Waals surface area (Å²) in [5.74, 6) is -9.54. The zero-order chi connectivity index (χ0) is 45.2. The number of carbonyl (C=O) groups excluding carboxylic acids is 2. The van der Waals surface area contributed by atoms with Crippen molar-refractivity contribution in [2.24, 2.45) is 0 Å². The summed E-state index contributed by atoms with van der Waals surface area (Å²) in [5, 5.41) is 0. The molecule has 0 amide bonds. The first-order valence-electron chi connectivity index (χ1n) is 20.6. The lowest BCUT2D eigenvalue weighted by Crippen LogP contribution is -2.66. The first-order valence-corrected chi connectivity index (χ1v) is 20.6. The van der Waals surface area contributed by atoms with Crippen molar-refractivity contribution in [2.75, 3.05) is 59.5 Å². The van der Waals surface area contributed by atoms with E-state index in [1.54, 1.807) is 99.6 Å². The van der Waals surface area contributed by atoms with Crippen LogP contribution in [0.15, 0.2) is 66.8 Å². The number of benzene rings is 2. The predicted octanol–water partition coefficient (Wildman–Crippen LogP) is 8.31. The number of hydrogen-bond donors (Lipinski definition) is 0. The molecule has 0 saturated heterocycles. The molecule has 0 fully saturated rings. The van der Waals surface area contributed by atoms with Crippen molar-refractivity contribution in [3.8, 4) is 17.2 Å². The lowest BCUT2D eigenvalue weighted by Gasteiger charge is -2.45. The standard InChI is InChI=1S/C45H68O15/c1-16-48-42(49-17-2,50-18-3)44(54-22-7,55-23-8)59-38-31-36(57-39(46)32(10)11)29-30-37(38)41(14,15)34-25-27-35(28-26-34)58-45(56-24-9,60-40(47)33(12)13)43(51-19-4,52-20-5)53-21-6/h25-31H,10,12,16-24H2,1-9,11,13-15H3. The van der Waals surface area contributed by atoms with Gasteiger partial charge in [0, 0.05) is 48.0 Å². The summed E-state index contributed by atoms with van der Waals surface area (Å²) in [6, 6.07) is 12.0. The van der Waals surface area contributed by atoms with E-state index in [1.807, 2.05) is 26.0 Å². The topological polar surface area (TPSA) is 154 Å². The molecule has 0 bridgehead atoms. The Bertz CT molecular complexity index is 1630. The third-order valence-corrected chi connectivity index (χ3v) is 8.59. The second-order valence-electron chi connectivity index (χ2n) is 13.5. The van der Waals surface area contributed by atoms with Gasteiger partial charge in [0.25, 0.3) is 0 Å². The molecule has 0 aliphatic heterocycles. The average molecular weight is 849 g/mol. The molecule has 0 saturated carbocycles. The second-order valence-corrected chi connectivity index (χ2v) is 13.5. The Morgan fingerprint density at radius 1 is 0.483 bits per heavy atom. The summed E-state index contributed by atoms with van der Waals surface area (Å²) in [5.41, 5.74) is 0.789. The van der Waals surface area contributed by atoms with Crippen LogP contribution in [0.1, 0.15) is 101 Å². The van der Waals surface area contributed by atoms with Crippen LogP contribution in [0, 0.1) is 0 Å². The van der Waals surface area contributed by atoms with Crippen LogP contribution in [0.5, 0.6) is 17.2 Å². The molecule has 0 heterocycles. The highest BCUT2D eigenvalue weighted by Gasteiger charge is 2.65. The summed E-state index contributed by atoms with van der Waals surface area (Å²) in [7, 11) is 0. The van der Waals surface area contributed by atoms with Gasteiger partial charge in [-0.3, -0.25) is 0 Å². The maximum Gasteiger partial charge on any atom is 0.462 e. The van der Waals surface area contributed by atoms with Crippen LogP contribution in [-0.2, 0) is 62.4 Å². The number of rotatable bonds is 30. The van der Waals surface area contributed by atoms with Gasteiger partial charge in [-0.1, -0.05) is 45.2 Å². The molecule has 2 aromatic rings. The van der Waals surface area contributed by atoms with Crippen molar-refractivity contribution < 1.29 is 71.2 Å². The van der Waals surface area contributed by atoms with Gasteiger partial charge in [-0.25, -0.2) is 9.59 Å². The van der Waals surface area contributed by atoms with Gasteiger partial charge in [0.1, 0.15) is 17.2 Å². The predicted molar refractivity (Wildman–Crippen MR) is 223 cm³/mol. The van der Waals surface area contributed by atoms with Gasteiger partial charge < -0.3 is 61.6 Å². The van der Waals surface area contributed by atoms with Crippen molar-refractivity contribution >= 4 is 11.9 Å². The molecule has 0 radical (unpaired) electrons. The lowest BCUT2D eigenvalue weighted by molar-refractivity contribution is -0.542. The van der Waals surface area contributed by atoms with Crippen LogP contribution in [0.2, 0.25) is 0 Å². The van der Waals surface area contributed by atoms with Crippen LogP contribution in [0.25, 0.3) is 0 Å². The maximum absolute atomic E-state index is 13.2. The summed E-state index contributed by atoms with van der Waals surface area (Å²) < 4.78 is 80.1. The first-order chi connectivity index (χ1) is 28.5.